The van der Waals surface area contributed by atoms with Crippen LogP contribution in [0.15, 0.2) is 23.9 Å². The van der Waals surface area contributed by atoms with Gasteiger partial charge in [-0.3, -0.25) is 14.4 Å². The Bertz CT molecular complexity index is 599. The van der Waals surface area contributed by atoms with Crippen molar-refractivity contribution < 1.29 is 4.79 Å². The normalized spacial score (nSPS) is 21.0. The average molecular weight is 345 g/mol. The molecule has 1 aromatic heterocycles. The average Bonchev–Trinajstić information content (AvgIpc) is 3.08. The van der Waals surface area contributed by atoms with Crippen LogP contribution in [-0.2, 0) is 11.8 Å². The van der Waals surface area contributed by atoms with Crippen LogP contribution in [0.3, 0.4) is 0 Å². The molecule has 0 saturated carbocycles. The van der Waals surface area contributed by atoms with E-state index in [2.05, 4.69) is 27.5 Å². The van der Waals surface area contributed by atoms with Crippen molar-refractivity contribution in [1.82, 2.24) is 20.0 Å². The lowest BCUT2D eigenvalue weighted by atomic mass is 9.92. The van der Waals surface area contributed by atoms with Crippen molar-refractivity contribution >= 4 is 5.91 Å². The van der Waals surface area contributed by atoms with Gasteiger partial charge in [0.05, 0.1) is 6.04 Å². The Hall–Kier alpha value is -1.62. The van der Waals surface area contributed by atoms with Gasteiger partial charge in [-0.05, 0) is 71.0 Å². The molecule has 5 heteroatoms. The first-order valence-electron chi connectivity index (χ1n) is 9.82. The second kappa shape index (κ2) is 8.65. The van der Waals surface area contributed by atoms with Gasteiger partial charge in [0.25, 0.3) is 0 Å². The Balaban J connectivity index is 1.40. The fourth-order valence-corrected chi connectivity index (χ4v) is 4.16. The third-order valence-electron chi connectivity index (χ3n) is 5.86. The summed E-state index contributed by atoms with van der Waals surface area (Å²) in [4.78, 5) is 14.8. The summed E-state index contributed by atoms with van der Waals surface area (Å²) in [5.41, 5.74) is 2.84. The van der Waals surface area contributed by atoms with Crippen molar-refractivity contribution in [3.05, 3.63) is 29.6 Å². The second-order valence-corrected chi connectivity index (χ2v) is 7.52. The van der Waals surface area contributed by atoms with E-state index in [0.29, 0.717) is 5.92 Å². The molecule has 25 heavy (non-hydrogen) atoms. The number of hydrogen-bond acceptors (Lipinski definition) is 3. The Morgan fingerprint density at radius 3 is 2.80 bits per heavy atom. The fraction of sp³-hybridized carbons (Fsp3) is 0.700. The fourth-order valence-electron chi connectivity index (χ4n) is 4.16. The van der Waals surface area contributed by atoms with Crippen LogP contribution in [-0.4, -0.2) is 46.3 Å². The first kappa shape index (κ1) is 18.2. The molecule has 2 aliphatic rings. The van der Waals surface area contributed by atoms with Crippen LogP contribution in [0.1, 0.15) is 63.5 Å². The van der Waals surface area contributed by atoms with Gasteiger partial charge in [-0.2, -0.15) is 5.10 Å². The largest absolute Gasteiger partial charge is 0.354 e. The van der Waals surface area contributed by atoms with Crippen LogP contribution < -0.4 is 5.32 Å². The molecule has 1 aliphatic heterocycles. The summed E-state index contributed by atoms with van der Waals surface area (Å²) in [6, 6.07) is 2.09. The lowest BCUT2D eigenvalue weighted by Crippen LogP contribution is -2.48. The maximum atomic E-state index is 12.5. The molecule has 1 aliphatic carbocycles. The number of rotatable bonds is 6. The molecule has 0 radical (unpaired) electrons. The Labute approximate surface area is 151 Å². The van der Waals surface area contributed by atoms with Gasteiger partial charge in [0.1, 0.15) is 0 Å². The molecule has 1 fully saturated rings. The molecular formula is C20H32N4O. The summed E-state index contributed by atoms with van der Waals surface area (Å²) in [6.45, 7) is 4.78. The standard InChI is InChI=1S/C20H32N4O/c1-16(20(25)21-12-8-17-6-4-3-5-7-17)24-14-10-18(11-15-24)19-9-13-22-23(19)2/h6,9,13,16,18H,3-5,7-8,10-12,14-15H2,1-2H3,(H,21,25). The number of nitrogens with zero attached hydrogens (tertiary/aromatic N) is 3. The molecule has 1 saturated heterocycles. The quantitative estimate of drug-likeness (QED) is 0.807. The first-order valence-corrected chi connectivity index (χ1v) is 9.82. The SMILES string of the molecule is CC(C(=O)NCCC1=CCCCC1)N1CCC(c2ccnn2C)CC1. The molecule has 1 atom stereocenters. The van der Waals surface area contributed by atoms with Crippen molar-refractivity contribution in [2.45, 2.75) is 63.8 Å². The number of piperidine rings is 1. The number of hydrogen-bond donors (Lipinski definition) is 1. The molecule has 1 aromatic rings. The molecular weight excluding hydrogens is 312 g/mol. The molecule has 1 N–H and O–H groups in total. The molecule has 0 aromatic carbocycles. The molecule has 5 nitrogen and oxygen atoms in total. The van der Waals surface area contributed by atoms with E-state index in [1.807, 2.05) is 24.9 Å². The Morgan fingerprint density at radius 2 is 2.16 bits per heavy atom. The lowest BCUT2D eigenvalue weighted by molar-refractivity contribution is -0.126. The highest BCUT2D eigenvalue weighted by Crippen LogP contribution is 2.28. The first-order chi connectivity index (χ1) is 12.1. The van der Waals surface area contributed by atoms with E-state index < -0.39 is 0 Å². The van der Waals surface area contributed by atoms with Gasteiger partial charge >= 0.3 is 0 Å². The number of allylic oxidation sites excluding steroid dienone is 1. The molecule has 3 rings (SSSR count). The predicted molar refractivity (Wildman–Crippen MR) is 100 cm³/mol. The van der Waals surface area contributed by atoms with E-state index >= 15 is 0 Å². The highest BCUT2D eigenvalue weighted by Gasteiger charge is 2.28. The molecule has 1 unspecified atom stereocenters. The number of carbonyl (C=O) groups is 1. The number of likely N-dealkylation sites (tertiary alicyclic amines) is 1. The predicted octanol–water partition coefficient (Wildman–Crippen LogP) is 2.99. The van der Waals surface area contributed by atoms with Gasteiger partial charge in [-0.1, -0.05) is 11.6 Å². The summed E-state index contributed by atoms with van der Waals surface area (Å²) in [5.74, 6) is 0.743. The molecule has 0 bridgehead atoms. The molecule has 0 spiro atoms. The maximum absolute atomic E-state index is 12.5. The van der Waals surface area contributed by atoms with Crippen molar-refractivity contribution in [2.24, 2.45) is 7.05 Å². The Morgan fingerprint density at radius 1 is 1.36 bits per heavy atom. The summed E-state index contributed by atoms with van der Waals surface area (Å²) in [5, 5.41) is 7.42. The van der Waals surface area contributed by atoms with Crippen LogP contribution in [0.2, 0.25) is 0 Å². The summed E-state index contributed by atoms with van der Waals surface area (Å²) in [7, 11) is 2.01. The molecule has 138 valence electrons. The minimum absolute atomic E-state index is 0.0344. The summed E-state index contributed by atoms with van der Waals surface area (Å²) in [6.07, 6.45) is 12.5. The minimum atomic E-state index is -0.0344. The molecule has 2 heterocycles. The van der Waals surface area contributed by atoms with Crippen LogP contribution in [0.5, 0.6) is 0 Å². The third-order valence-corrected chi connectivity index (χ3v) is 5.86. The van der Waals surface area contributed by atoms with Gasteiger partial charge in [0.2, 0.25) is 5.91 Å². The maximum Gasteiger partial charge on any atom is 0.237 e. The van der Waals surface area contributed by atoms with Crippen LogP contribution in [0, 0.1) is 0 Å². The van der Waals surface area contributed by atoms with Gasteiger partial charge in [0.15, 0.2) is 0 Å². The van der Waals surface area contributed by atoms with E-state index in [4.69, 9.17) is 0 Å². The molecule has 1 amide bonds. The monoisotopic (exact) mass is 344 g/mol. The van der Waals surface area contributed by atoms with Crippen molar-refractivity contribution in [3.8, 4) is 0 Å². The smallest absolute Gasteiger partial charge is 0.237 e. The lowest BCUT2D eigenvalue weighted by Gasteiger charge is -2.35. The Kier molecular flexibility index (Phi) is 6.29. The van der Waals surface area contributed by atoms with Crippen LogP contribution in [0.4, 0.5) is 0 Å². The van der Waals surface area contributed by atoms with Gasteiger partial charge in [-0.15, -0.1) is 0 Å². The van der Waals surface area contributed by atoms with E-state index in [9.17, 15) is 4.79 Å². The highest BCUT2D eigenvalue weighted by molar-refractivity contribution is 5.81. The zero-order valence-electron chi connectivity index (χ0n) is 15.7. The third kappa shape index (κ3) is 4.72. The van der Waals surface area contributed by atoms with Crippen molar-refractivity contribution in [3.63, 3.8) is 0 Å². The van der Waals surface area contributed by atoms with E-state index in [1.165, 1.54) is 37.0 Å². The van der Waals surface area contributed by atoms with Gasteiger partial charge < -0.3 is 5.32 Å². The number of aryl methyl sites for hydroxylation is 1. The number of nitrogens with one attached hydrogen (secondary N) is 1. The summed E-state index contributed by atoms with van der Waals surface area (Å²) < 4.78 is 1.98. The van der Waals surface area contributed by atoms with Gasteiger partial charge in [-0.25, -0.2) is 0 Å². The van der Waals surface area contributed by atoms with Gasteiger partial charge in [0, 0.05) is 31.4 Å². The second-order valence-electron chi connectivity index (χ2n) is 7.52. The van der Waals surface area contributed by atoms with Crippen molar-refractivity contribution in [2.75, 3.05) is 19.6 Å². The number of carbonyl (C=O) groups excluding carboxylic acids is 1. The van der Waals surface area contributed by atoms with E-state index in [1.54, 1.807) is 0 Å². The van der Waals surface area contributed by atoms with Crippen molar-refractivity contribution in [1.29, 1.82) is 0 Å². The van der Waals surface area contributed by atoms with E-state index in [0.717, 1.165) is 38.9 Å². The highest BCUT2D eigenvalue weighted by atomic mass is 16.2. The number of aromatic nitrogens is 2. The zero-order valence-corrected chi connectivity index (χ0v) is 15.7. The van der Waals surface area contributed by atoms with Crippen LogP contribution >= 0.6 is 0 Å². The number of amides is 1. The van der Waals surface area contributed by atoms with Crippen LogP contribution in [0.25, 0.3) is 0 Å². The van der Waals surface area contributed by atoms with E-state index in [-0.39, 0.29) is 11.9 Å². The zero-order chi connectivity index (χ0) is 17.6. The topological polar surface area (TPSA) is 50.2 Å². The summed E-state index contributed by atoms with van der Waals surface area (Å²) >= 11 is 0. The minimum Gasteiger partial charge on any atom is -0.354 e.